The Balaban J connectivity index is 0.932. The molecule has 2 saturated heterocycles. The van der Waals surface area contributed by atoms with E-state index in [0.717, 1.165) is 60.7 Å². The van der Waals surface area contributed by atoms with Crippen molar-refractivity contribution in [2.24, 2.45) is 5.41 Å². The number of nitrogens with zero attached hydrogens (tertiary/aromatic N) is 4. The third kappa shape index (κ3) is 6.07. The molecule has 2 fully saturated rings. The molecule has 266 valence electrons. The van der Waals surface area contributed by atoms with Crippen molar-refractivity contribution in [3.63, 3.8) is 0 Å². The van der Waals surface area contributed by atoms with Crippen molar-refractivity contribution >= 4 is 57.2 Å². The molecule has 0 aliphatic carbocycles. The topological polar surface area (TPSA) is 121 Å². The lowest BCUT2D eigenvalue weighted by molar-refractivity contribution is -0.000511. The number of carbonyl (C=O) groups excluding carboxylic acids is 3. The number of anilines is 3. The van der Waals surface area contributed by atoms with Gasteiger partial charge in [-0.15, -0.1) is 11.3 Å². The molecule has 1 spiro atoms. The lowest BCUT2D eigenvalue weighted by Gasteiger charge is -2.53. The zero-order chi connectivity index (χ0) is 36.3. The Bertz CT molecular complexity index is 2390. The number of benzene rings is 3. The highest BCUT2D eigenvalue weighted by Crippen LogP contribution is 2.44. The summed E-state index contributed by atoms with van der Waals surface area (Å²) in [5, 5.41) is 2.99. The monoisotopic (exact) mass is 726 g/mol. The maximum absolute atomic E-state index is 14.8. The second-order valence-electron chi connectivity index (χ2n) is 14.1. The number of aromatic amines is 1. The molecule has 12 heteroatoms. The maximum atomic E-state index is 14.8. The van der Waals surface area contributed by atoms with Crippen LogP contribution in [-0.4, -0.2) is 65.4 Å². The minimum atomic E-state index is -0.468. The van der Waals surface area contributed by atoms with Gasteiger partial charge in [0.1, 0.15) is 11.6 Å². The van der Waals surface area contributed by atoms with Gasteiger partial charge >= 0.3 is 0 Å². The minimum Gasteiger partial charge on any atom is -0.381 e. The zero-order valence-corrected chi connectivity index (χ0v) is 29.8. The van der Waals surface area contributed by atoms with E-state index in [1.165, 1.54) is 23.5 Å². The molecule has 2 amide bonds. The van der Waals surface area contributed by atoms with Crippen molar-refractivity contribution < 1.29 is 23.5 Å². The lowest BCUT2D eigenvalue weighted by atomic mass is 9.73. The zero-order valence-electron chi connectivity index (χ0n) is 28.9. The Morgan fingerprint density at radius 1 is 0.981 bits per heavy atom. The summed E-state index contributed by atoms with van der Waals surface area (Å²) in [5.41, 5.74) is 6.06. The molecule has 6 heterocycles. The fourth-order valence-electron chi connectivity index (χ4n) is 7.68. The van der Waals surface area contributed by atoms with Gasteiger partial charge in [0.2, 0.25) is 5.78 Å². The van der Waals surface area contributed by atoms with E-state index < -0.39 is 5.82 Å². The fourth-order valence-corrected chi connectivity index (χ4v) is 8.87. The Kier molecular flexibility index (Phi) is 8.16. The molecule has 9 rings (SSSR count). The smallest absolute Gasteiger partial charge is 0.259 e. The average Bonchev–Trinajstić information content (AvgIpc) is 3.76. The molecule has 53 heavy (non-hydrogen) atoms. The molecule has 0 radical (unpaired) electrons. The highest BCUT2D eigenvalue weighted by atomic mass is 32.1. The van der Waals surface area contributed by atoms with Crippen molar-refractivity contribution in [3.8, 4) is 10.4 Å². The number of fused-ring (bicyclic) bond motifs is 4. The Labute approximate surface area is 308 Å². The third-order valence-corrected chi connectivity index (χ3v) is 11.7. The Morgan fingerprint density at radius 2 is 1.77 bits per heavy atom. The second-order valence-corrected chi connectivity index (χ2v) is 15.2. The van der Waals surface area contributed by atoms with Crippen LogP contribution in [-0.2, 0) is 11.2 Å². The number of hydrogen-bond donors (Lipinski definition) is 2. The maximum Gasteiger partial charge on any atom is 0.259 e. The number of amides is 2. The summed E-state index contributed by atoms with van der Waals surface area (Å²) < 4.78 is 20.3. The quantitative estimate of drug-likeness (QED) is 0.171. The predicted molar refractivity (Wildman–Crippen MR) is 203 cm³/mol. The van der Waals surface area contributed by atoms with Crippen LogP contribution in [0.4, 0.5) is 21.6 Å². The summed E-state index contributed by atoms with van der Waals surface area (Å²) in [4.78, 5) is 58.5. The van der Waals surface area contributed by atoms with E-state index in [4.69, 9.17) is 4.74 Å². The summed E-state index contributed by atoms with van der Waals surface area (Å²) in [6.45, 7) is 5.43. The van der Waals surface area contributed by atoms with Gasteiger partial charge in [-0.05, 0) is 104 Å². The first-order chi connectivity index (χ1) is 25.7. The number of thiophene rings is 1. The molecule has 3 aliphatic rings. The van der Waals surface area contributed by atoms with Crippen molar-refractivity contribution in [3.05, 3.63) is 124 Å². The van der Waals surface area contributed by atoms with Crippen LogP contribution in [0.1, 0.15) is 60.2 Å². The average molecular weight is 727 g/mol. The number of imidazole rings is 1. The molecular weight excluding hydrogens is 692 g/mol. The summed E-state index contributed by atoms with van der Waals surface area (Å²) in [6, 6.07) is 22.3. The van der Waals surface area contributed by atoms with E-state index in [0.29, 0.717) is 50.7 Å². The number of aryl methyl sites for hydroxylation is 1. The van der Waals surface area contributed by atoms with Gasteiger partial charge in [0.15, 0.2) is 5.82 Å². The van der Waals surface area contributed by atoms with Gasteiger partial charge in [-0.3, -0.25) is 14.4 Å². The first kappa shape index (κ1) is 33.1. The van der Waals surface area contributed by atoms with E-state index in [1.54, 1.807) is 41.4 Å². The predicted octanol–water partition coefficient (Wildman–Crippen LogP) is 7.44. The second kappa shape index (κ2) is 13.0. The van der Waals surface area contributed by atoms with Crippen molar-refractivity contribution in [2.45, 2.75) is 26.2 Å². The summed E-state index contributed by atoms with van der Waals surface area (Å²) in [5.74, 6) is -0.332. The van der Waals surface area contributed by atoms with E-state index in [2.05, 4.69) is 25.2 Å². The molecule has 0 atom stereocenters. The van der Waals surface area contributed by atoms with Gasteiger partial charge in [-0.25, -0.2) is 14.4 Å². The Hall–Kier alpha value is -5.72. The third-order valence-electron chi connectivity index (χ3n) is 10.5. The molecule has 0 unspecified atom stereocenters. The fraction of sp³-hybridized carbons (Fsp3) is 0.244. The standard InChI is InChI=1S/C41H35FN6O4S/c1-24-18-30(38(43-21-24)47-22-41(23-47)13-16-52-17-14-41)39(50)44-28-9-6-25(7-10-28)40(51)48-15-12-26-19-34(53-36(26)29-11-8-27(42)20-33(29)48)35(49)37-45-31-4-2-3-5-32(31)46-37/h2-11,18-21H,12-17,22-23H2,1H3,(H,44,50)(H,45,46). The number of nitrogens with one attached hydrogen (secondary N) is 2. The van der Waals surface area contributed by atoms with Crippen LogP contribution in [0.5, 0.6) is 0 Å². The number of pyridine rings is 1. The number of carbonyl (C=O) groups is 3. The van der Waals surface area contributed by atoms with E-state index in [1.807, 2.05) is 43.3 Å². The van der Waals surface area contributed by atoms with E-state index in [9.17, 15) is 18.8 Å². The number of H-pyrrole nitrogens is 1. The number of aromatic nitrogens is 3. The molecule has 6 aromatic rings. The largest absolute Gasteiger partial charge is 0.381 e. The van der Waals surface area contributed by atoms with Gasteiger partial charge in [-0.2, -0.15) is 0 Å². The lowest BCUT2D eigenvalue weighted by Crippen LogP contribution is -2.59. The molecule has 3 aromatic heterocycles. The van der Waals surface area contributed by atoms with Gasteiger partial charge in [0, 0.05) is 66.2 Å². The first-order valence-electron chi connectivity index (χ1n) is 17.7. The van der Waals surface area contributed by atoms with E-state index in [-0.39, 0.29) is 35.4 Å². The van der Waals surface area contributed by atoms with Crippen LogP contribution in [0.3, 0.4) is 0 Å². The molecule has 3 aromatic carbocycles. The van der Waals surface area contributed by atoms with Crippen LogP contribution in [0, 0.1) is 18.2 Å². The Morgan fingerprint density at radius 3 is 2.57 bits per heavy atom. The summed E-state index contributed by atoms with van der Waals surface area (Å²) in [6.07, 6.45) is 4.28. The normalized spacial score (nSPS) is 16.1. The number of para-hydroxylation sites is 2. The van der Waals surface area contributed by atoms with Crippen molar-refractivity contribution in [1.82, 2.24) is 15.0 Å². The number of rotatable bonds is 6. The minimum absolute atomic E-state index is 0.221. The first-order valence-corrected chi connectivity index (χ1v) is 18.5. The molecule has 2 N–H and O–H groups in total. The molecular formula is C41H35FN6O4S. The number of ether oxygens (including phenoxy) is 1. The van der Waals surface area contributed by atoms with Crippen LogP contribution < -0.4 is 15.1 Å². The SMILES string of the molecule is Cc1cnc(N2CC3(CCOCC3)C2)c(C(=O)Nc2ccc(C(=O)N3CCc4cc(C(=O)c5nc6ccccc6[nH]5)sc4-c4ccc(F)cc43)cc2)c1. The highest BCUT2D eigenvalue weighted by molar-refractivity contribution is 7.17. The molecule has 3 aliphatic heterocycles. The summed E-state index contributed by atoms with van der Waals surface area (Å²) >= 11 is 1.32. The number of hydrogen-bond acceptors (Lipinski definition) is 8. The summed E-state index contributed by atoms with van der Waals surface area (Å²) in [7, 11) is 0. The highest BCUT2D eigenvalue weighted by Gasteiger charge is 2.45. The van der Waals surface area contributed by atoms with Crippen LogP contribution in [0.25, 0.3) is 21.5 Å². The number of halogens is 1. The van der Waals surface area contributed by atoms with Gasteiger partial charge in [-0.1, -0.05) is 12.1 Å². The van der Waals surface area contributed by atoms with Gasteiger partial charge in [0.05, 0.1) is 27.2 Å². The number of ketones is 1. The van der Waals surface area contributed by atoms with Gasteiger partial charge in [0.25, 0.3) is 11.8 Å². The van der Waals surface area contributed by atoms with Crippen LogP contribution >= 0.6 is 11.3 Å². The molecule has 0 bridgehead atoms. The van der Waals surface area contributed by atoms with Crippen LogP contribution in [0.2, 0.25) is 0 Å². The van der Waals surface area contributed by atoms with Crippen LogP contribution in [0.15, 0.2) is 85.1 Å². The molecule has 0 saturated carbocycles. The van der Waals surface area contributed by atoms with Crippen molar-refractivity contribution in [1.29, 1.82) is 0 Å². The van der Waals surface area contributed by atoms with Gasteiger partial charge < -0.3 is 24.8 Å². The van der Waals surface area contributed by atoms with E-state index >= 15 is 0 Å². The molecule has 10 nitrogen and oxygen atoms in total. The van der Waals surface area contributed by atoms with Crippen molar-refractivity contribution in [2.75, 3.05) is 48.0 Å².